The van der Waals surface area contributed by atoms with E-state index in [4.69, 9.17) is 4.74 Å². The van der Waals surface area contributed by atoms with Crippen LogP contribution in [0.4, 0.5) is 11.4 Å². The number of aryl methyl sites for hydroxylation is 1. The van der Waals surface area contributed by atoms with Crippen molar-refractivity contribution in [3.63, 3.8) is 0 Å². The lowest BCUT2D eigenvalue weighted by atomic mass is 9.81. The van der Waals surface area contributed by atoms with Crippen molar-refractivity contribution >= 4 is 35.1 Å². The van der Waals surface area contributed by atoms with Crippen molar-refractivity contribution in [1.82, 2.24) is 0 Å². The summed E-state index contributed by atoms with van der Waals surface area (Å²) in [6, 6.07) is 14.1. The molecule has 2 aromatic rings. The Morgan fingerprint density at radius 1 is 0.909 bits per heavy atom. The maximum absolute atomic E-state index is 12.8. The maximum atomic E-state index is 12.8. The Labute approximate surface area is 192 Å². The monoisotopic (exact) mass is 446 g/mol. The molecule has 170 valence electrons. The van der Waals surface area contributed by atoms with Crippen LogP contribution in [0.25, 0.3) is 0 Å². The minimum atomic E-state index is -0.553. The molecule has 7 nitrogen and oxygen atoms in total. The summed E-state index contributed by atoms with van der Waals surface area (Å²) >= 11 is 0. The van der Waals surface area contributed by atoms with Crippen molar-refractivity contribution < 1.29 is 23.9 Å². The fourth-order valence-corrected chi connectivity index (χ4v) is 5.19. The maximum Gasteiger partial charge on any atom is 0.316 e. The number of carbonyl (C=O) groups is 4. The van der Waals surface area contributed by atoms with Crippen molar-refractivity contribution in [3.05, 3.63) is 54.1 Å². The number of nitrogens with zero attached hydrogens (tertiary/aromatic N) is 2. The van der Waals surface area contributed by atoms with Gasteiger partial charge in [0, 0.05) is 18.7 Å². The van der Waals surface area contributed by atoms with Crippen LogP contribution < -0.4 is 14.5 Å². The third kappa shape index (κ3) is 3.92. The fraction of sp³-hybridized carbons (Fsp3) is 0.385. The zero-order chi connectivity index (χ0) is 23.1. The Morgan fingerprint density at radius 2 is 1.58 bits per heavy atom. The lowest BCUT2D eigenvalue weighted by Gasteiger charge is -2.19. The van der Waals surface area contributed by atoms with Crippen LogP contribution in [0.1, 0.15) is 37.7 Å². The highest BCUT2D eigenvalue weighted by atomic mass is 16.5. The van der Waals surface area contributed by atoms with Crippen molar-refractivity contribution in [3.8, 4) is 5.75 Å². The number of fused-ring (bicyclic) bond motifs is 1. The highest BCUT2D eigenvalue weighted by Crippen LogP contribution is 2.40. The quantitative estimate of drug-likeness (QED) is 0.407. The topological polar surface area (TPSA) is 84.0 Å². The van der Waals surface area contributed by atoms with Crippen LogP contribution in [0.15, 0.2) is 48.5 Å². The van der Waals surface area contributed by atoms with E-state index in [9.17, 15) is 19.2 Å². The number of amides is 3. The van der Waals surface area contributed by atoms with Gasteiger partial charge in [-0.2, -0.15) is 0 Å². The molecule has 3 fully saturated rings. The summed E-state index contributed by atoms with van der Waals surface area (Å²) in [7, 11) is 0. The van der Waals surface area contributed by atoms with E-state index >= 15 is 0 Å². The second-order valence-electron chi connectivity index (χ2n) is 9.17. The van der Waals surface area contributed by atoms with E-state index in [1.807, 2.05) is 31.2 Å². The average molecular weight is 447 g/mol. The number of ether oxygens (including phenoxy) is 1. The van der Waals surface area contributed by atoms with E-state index in [1.54, 1.807) is 29.2 Å². The molecule has 3 amide bonds. The average Bonchev–Trinajstić information content (AvgIpc) is 3.32. The Balaban J connectivity index is 1.24. The minimum absolute atomic E-state index is 0.102. The van der Waals surface area contributed by atoms with Crippen LogP contribution in [0.5, 0.6) is 5.75 Å². The number of hydrogen-bond acceptors (Lipinski definition) is 5. The molecule has 2 aromatic carbocycles. The van der Waals surface area contributed by atoms with Crippen molar-refractivity contribution in [2.24, 2.45) is 17.8 Å². The summed E-state index contributed by atoms with van der Waals surface area (Å²) in [6.07, 6.45) is 3.59. The summed E-state index contributed by atoms with van der Waals surface area (Å²) < 4.78 is 5.51. The molecular formula is C26H26N2O5. The normalized spacial score (nSPS) is 24.9. The molecule has 2 aliphatic heterocycles. The van der Waals surface area contributed by atoms with Crippen molar-refractivity contribution in [2.75, 3.05) is 16.3 Å². The fourth-order valence-electron chi connectivity index (χ4n) is 5.19. The van der Waals surface area contributed by atoms with Gasteiger partial charge in [0.1, 0.15) is 5.75 Å². The van der Waals surface area contributed by atoms with Gasteiger partial charge >= 0.3 is 5.97 Å². The van der Waals surface area contributed by atoms with Gasteiger partial charge in [0.2, 0.25) is 17.7 Å². The van der Waals surface area contributed by atoms with E-state index in [0.717, 1.165) is 36.9 Å². The zero-order valence-electron chi connectivity index (χ0n) is 18.5. The SMILES string of the molecule is Cc1cccc(N2C[C@@H](C(=O)Oc3ccc(N4C(=O)[C@H]5CCCC[C@H]5C4=O)cc3)CC2=O)c1. The summed E-state index contributed by atoms with van der Waals surface area (Å²) in [4.78, 5) is 53.6. The van der Waals surface area contributed by atoms with Crippen LogP contribution in [0.2, 0.25) is 0 Å². The van der Waals surface area contributed by atoms with Crippen LogP contribution in [0.3, 0.4) is 0 Å². The van der Waals surface area contributed by atoms with Gasteiger partial charge in [0.15, 0.2) is 0 Å². The first-order chi connectivity index (χ1) is 15.9. The van der Waals surface area contributed by atoms with Gasteiger partial charge in [-0.25, -0.2) is 0 Å². The number of anilines is 2. The summed E-state index contributed by atoms with van der Waals surface area (Å²) in [5.74, 6) is -1.48. The Bertz CT molecular complexity index is 1100. The highest BCUT2D eigenvalue weighted by molar-refractivity contribution is 6.22. The van der Waals surface area contributed by atoms with E-state index in [-0.39, 0.29) is 42.5 Å². The van der Waals surface area contributed by atoms with Gasteiger partial charge in [0.05, 0.1) is 23.4 Å². The molecule has 0 N–H and O–H groups in total. The molecule has 2 heterocycles. The van der Waals surface area contributed by atoms with E-state index < -0.39 is 11.9 Å². The molecule has 2 saturated heterocycles. The zero-order valence-corrected chi connectivity index (χ0v) is 18.5. The van der Waals surface area contributed by atoms with Gasteiger partial charge < -0.3 is 9.64 Å². The Morgan fingerprint density at radius 3 is 2.21 bits per heavy atom. The third-order valence-corrected chi connectivity index (χ3v) is 6.93. The van der Waals surface area contributed by atoms with Crippen LogP contribution >= 0.6 is 0 Å². The predicted octanol–water partition coefficient (Wildman–Crippen LogP) is 3.63. The molecule has 0 bridgehead atoms. The standard InChI is InChI=1S/C26H26N2O5/c1-16-5-4-6-19(13-16)27-15-17(14-23(27)29)26(32)33-20-11-9-18(10-12-20)28-24(30)21-7-2-3-8-22(21)25(28)31/h4-6,9-13,17,21-22H,2-3,7-8,14-15H2,1H3/t17-,21-,22+/m0/s1. The van der Waals surface area contributed by atoms with Gasteiger partial charge in [-0.1, -0.05) is 25.0 Å². The van der Waals surface area contributed by atoms with Crippen LogP contribution in [-0.2, 0) is 19.2 Å². The van der Waals surface area contributed by atoms with E-state index in [0.29, 0.717) is 11.4 Å². The largest absolute Gasteiger partial charge is 0.426 e. The number of rotatable bonds is 4. The predicted molar refractivity (Wildman–Crippen MR) is 122 cm³/mol. The molecule has 33 heavy (non-hydrogen) atoms. The van der Waals surface area contributed by atoms with Gasteiger partial charge in [-0.15, -0.1) is 0 Å². The molecule has 1 saturated carbocycles. The molecule has 3 aliphatic rings. The second-order valence-corrected chi connectivity index (χ2v) is 9.17. The molecule has 0 radical (unpaired) electrons. The number of esters is 1. The van der Waals surface area contributed by atoms with Gasteiger partial charge in [0.25, 0.3) is 0 Å². The third-order valence-electron chi connectivity index (χ3n) is 6.93. The summed E-state index contributed by atoms with van der Waals surface area (Å²) in [6.45, 7) is 2.23. The smallest absolute Gasteiger partial charge is 0.316 e. The molecule has 5 rings (SSSR count). The number of carbonyl (C=O) groups excluding carboxylic acids is 4. The Kier molecular flexibility index (Phi) is 5.48. The van der Waals surface area contributed by atoms with Crippen molar-refractivity contribution in [2.45, 2.75) is 39.0 Å². The van der Waals surface area contributed by atoms with E-state index in [1.165, 1.54) is 4.90 Å². The van der Waals surface area contributed by atoms with Crippen LogP contribution in [0, 0.1) is 24.7 Å². The highest BCUT2D eigenvalue weighted by Gasteiger charge is 2.48. The number of imide groups is 1. The molecule has 0 spiro atoms. The molecule has 7 heteroatoms. The first-order valence-electron chi connectivity index (χ1n) is 11.5. The van der Waals surface area contributed by atoms with Gasteiger partial charge in [-0.3, -0.25) is 24.1 Å². The number of hydrogen-bond donors (Lipinski definition) is 0. The second kappa shape index (κ2) is 8.46. The molecule has 0 unspecified atom stereocenters. The minimum Gasteiger partial charge on any atom is -0.426 e. The lowest BCUT2D eigenvalue weighted by Crippen LogP contribution is -2.30. The van der Waals surface area contributed by atoms with E-state index in [2.05, 4.69) is 0 Å². The molecule has 1 aliphatic carbocycles. The number of benzene rings is 2. The van der Waals surface area contributed by atoms with Gasteiger partial charge in [-0.05, 0) is 61.7 Å². The summed E-state index contributed by atoms with van der Waals surface area (Å²) in [5, 5.41) is 0. The summed E-state index contributed by atoms with van der Waals surface area (Å²) in [5.41, 5.74) is 2.32. The van der Waals surface area contributed by atoms with Crippen molar-refractivity contribution in [1.29, 1.82) is 0 Å². The first-order valence-corrected chi connectivity index (χ1v) is 11.5. The molecule has 3 atom stereocenters. The molecule has 0 aromatic heterocycles. The Hall–Kier alpha value is -3.48. The molecular weight excluding hydrogens is 420 g/mol. The first kappa shape index (κ1) is 21.4. The lowest BCUT2D eigenvalue weighted by molar-refractivity contribution is -0.139. The van der Waals surface area contributed by atoms with Crippen LogP contribution in [-0.4, -0.2) is 30.2 Å².